The molecule has 1 saturated heterocycles. The molecule has 13 heavy (non-hydrogen) atoms. The molecule has 2 atom stereocenters. The van der Waals surface area contributed by atoms with Crippen molar-refractivity contribution in [2.45, 2.75) is 25.1 Å². The largest absolute Gasteiger partial charge is 0.771 e. The molecule has 0 aromatic rings. The maximum atomic E-state index is 10.9. The molecule has 1 aliphatic rings. The number of rotatable bonds is 4. The highest BCUT2D eigenvalue weighted by Crippen LogP contribution is 2.10. The molecular weight excluding hydrogens is 188 g/mol. The van der Waals surface area contributed by atoms with E-state index in [-0.39, 0.29) is 5.37 Å². The highest BCUT2D eigenvalue weighted by Gasteiger charge is 2.19. The van der Waals surface area contributed by atoms with Crippen LogP contribution in [-0.2, 0) is 11.1 Å². The maximum absolute atomic E-state index is 10.9. The van der Waals surface area contributed by atoms with Gasteiger partial charge in [0.25, 0.3) is 0 Å². The second kappa shape index (κ2) is 5.70. The van der Waals surface area contributed by atoms with Gasteiger partial charge in [0.2, 0.25) is 0 Å². The van der Waals surface area contributed by atoms with Crippen LogP contribution >= 0.6 is 0 Å². The quantitative estimate of drug-likeness (QED) is 0.651. The molecule has 0 saturated carbocycles. The molecule has 78 valence electrons. The first-order valence-corrected chi connectivity index (χ1v) is 5.92. The third-order valence-electron chi connectivity index (χ3n) is 2.32. The first-order chi connectivity index (χ1) is 6.25. The number of piperazine rings is 1. The van der Waals surface area contributed by atoms with Gasteiger partial charge in [-0.15, -0.1) is 0 Å². The van der Waals surface area contributed by atoms with Crippen molar-refractivity contribution in [3.05, 3.63) is 0 Å². The molecule has 1 aliphatic heterocycles. The maximum Gasteiger partial charge on any atom is 0.0727 e. The second-order valence-electron chi connectivity index (χ2n) is 3.29. The predicted molar refractivity (Wildman–Crippen MR) is 52.1 cm³/mol. The van der Waals surface area contributed by atoms with Crippen LogP contribution < -0.4 is 5.32 Å². The molecule has 1 N–H and O–H groups in total. The standard InChI is InChI=1S/C8H18N2O2S/c1-2-3-8(13(11)12)10-6-4-9-5-7-10/h8-9H,2-7H2,1H3,(H,11,12)/p-1. The van der Waals surface area contributed by atoms with Gasteiger partial charge in [0.1, 0.15) is 0 Å². The summed E-state index contributed by atoms with van der Waals surface area (Å²) in [5, 5.41) is 2.94. The summed E-state index contributed by atoms with van der Waals surface area (Å²) in [6, 6.07) is 0. The fourth-order valence-electron chi connectivity index (χ4n) is 1.62. The van der Waals surface area contributed by atoms with Gasteiger partial charge in [0.15, 0.2) is 0 Å². The summed E-state index contributed by atoms with van der Waals surface area (Å²) in [5.41, 5.74) is 0. The topological polar surface area (TPSA) is 55.4 Å². The Morgan fingerprint density at radius 1 is 1.54 bits per heavy atom. The molecule has 0 spiro atoms. The second-order valence-corrected chi connectivity index (χ2v) is 4.35. The van der Waals surface area contributed by atoms with Crippen molar-refractivity contribution in [3.8, 4) is 0 Å². The third-order valence-corrected chi connectivity index (χ3v) is 3.29. The summed E-state index contributed by atoms with van der Waals surface area (Å²) in [5.74, 6) is 0. The van der Waals surface area contributed by atoms with Gasteiger partial charge >= 0.3 is 0 Å². The van der Waals surface area contributed by atoms with Crippen molar-refractivity contribution < 1.29 is 8.76 Å². The zero-order chi connectivity index (χ0) is 9.68. The minimum atomic E-state index is -1.95. The average Bonchev–Trinajstić information content (AvgIpc) is 2.15. The van der Waals surface area contributed by atoms with Crippen molar-refractivity contribution in [1.82, 2.24) is 10.2 Å². The summed E-state index contributed by atoms with van der Waals surface area (Å²) in [7, 11) is 0. The summed E-state index contributed by atoms with van der Waals surface area (Å²) in [6.07, 6.45) is 1.67. The fraction of sp³-hybridized carbons (Fsp3) is 1.00. The minimum absolute atomic E-state index is 0.271. The first-order valence-electron chi connectivity index (χ1n) is 4.78. The summed E-state index contributed by atoms with van der Waals surface area (Å²) >= 11 is -1.95. The van der Waals surface area contributed by atoms with E-state index in [1.807, 2.05) is 11.8 Å². The molecule has 1 fully saturated rings. The molecule has 0 aromatic carbocycles. The molecule has 0 bridgehead atoms. The van der Waals surface area contributed by atoms with Crippen LogP contribution in [0.3, 0.4) is 0 Å². The highest BCUT2D eigenvalue weighted by molar-refractivity contribution is 7.79. The first kappa shape index (κ1) is 11.1. The van der Waals surface area contributed by atoms with Gasteiger partial charge in [-0.25, -0.2) is 0 Å². The summed E-state index contributed by atoms with van der Waals surface area (Å²) in [6.45, 7) is 5.51. The Labute approximate surface area is 82.0 Å². The van der Waals surface area contributed by atoms with E-state index in [0.29, 0.717) is 0 Å². The number of hydrogen-bond acceptors (Lipinski definition) is 4. The van der Waals surface area contributed by atoms with Gasteiger partial charge in [-0.05, 0) is 17.5 Å². The monoisotopic (exact) mass is 205 g/mol. The van der Waals surface area contributed by atoms with E-state index in [0.717, 1.165) is 39.0 Å². The lowest BCUT2D eigenvalue weighted by Crippen LogP contribution is -2.49. The van der Waals surface area contributed by atoms with E-state index >= 15 is 0 Å². The predicted octanol–water partition coefficient (Wildman–Crippen LogP) is -0.103. The smallest absolute Gasteiger partial charge is 0.0727 e. The summed E-state index contributed by atoms with van der Waals surface area (Å²) in [4.78, 5) is 2.04. The van der Waals surface area contributed by atoms with Crippen molar-refractivity contribution in [2.75, 3.05) is 26.2 Å². The Bertz CT molecular complexity index is 172. The van der Waals surface area contributed by atoms with Crippen LogP contribution in [0.1, 0.15) is 19.8 Å². The Balaban J connectivity index is 2.46. The normalized spacial score (nSPS) is 24.2. The number of nitrogens with one attached hydrogen (secondary N) is 1. The van der Waals surface area contributed by atoms with E-state index in [2.05, 4.69) is 5.32 Å². The van der Waals surface area contributed by atoms with Crippen molar-refractivity contribution >= 4 is 11.1 Å². The van der Waals surface area contributed by atoms with E-state index < -0.39 is 11.1 Å². The lowest BCUT2D eigenvalue weighted by molar-refractivity contribution is 0.207. The van der Waals surface area contributed by atoms with Crippen LogP contribution in [0.4, 0.5) is 0 Å². The Kier molecular flexibility index (Phi) is 4.87. The average molecular weight is 205 g/mol. The van der Waals surface area contributed by atoms with Crippen LogP contribution in [0.25, 0.3) is 0 Å². The van der Waals surface area contributed by atoms with Crippen LogP contribution in [0, 0.1) is 0 Å². The van der Waals surface area contributed by atoms with Crippen molar-refractivity contribution in [3.63, 3.8) is 0 Å². The van der Waals surface area contributed by atoms with E-state index in [1.54, 1.807) is 0 Å². The molecule has 1 heterocycles. The number of nitrogens with zero attached hydrogens (tertiary/aromatic N) is 1. The molecule has 0 amide bonds. The lowest BCUT2D eigenvalue weighted by Gasteiger charge is -2.35. The van der Waals surface area contributed by atoms with Crippen LogP contribution in [0.5, 0.6) is 0 Å². The summed E-state index contributed by atoms with van der Waals surface area (Å²) < 4.78 is 21.9. The van der Waals surface area contributed by atoms with Crippen LogP contribution in [-0.4, -0.2) is 45.2 Å². The van der Waals surface area contributed by atoms with Gasteiger partial charge in [0, 0.05) is 26.2 Å². The van der Waals surface area contributed by atoms with Gasteiger partial charge in [-0.3, -0.25) is 9.11 Å². The molecule has 2 unspecified atom stereocenters. The molecule has 0 aromatic heterocycles. The molecule has 4 nitrogen and oxygen atoms in total. The Morgan fingerprint density at radius 3 is 2.62 bits per heavy atom. The number of hydrogen-bond donors (Lipinski definition) is 1. The van der Waals surface area contributed by atoms with Crippen LogP contribution in [0.15, 0.2) is 0 Å². The molecule has 1 rings (SSSR count). The van der Waals surface area contributed by atoms with Crippen molar-refractivity contribution in [2.24, 2.45) is 0 Å². The van der Waals surface area contributed by atoms with E-state index in [4.69, 9.17) is 0 Å². The molecular formula is C8H17N2O2S-. The zero-order valence-electron chi connectivity index (χ0n) is 7.99. The minimum Gasteiger partial charge on any atom is -0.771 e. The lowest BCUT2D eigenvalue weighted by atomic mass is 10.3. The Morgan fingerprint density at radius 2 is 2.15 bits per heavy atom. The van der Waals surface area contributed by atoms with E-state index in [1.165, 1.54) is 0 Å². The van der Waals surface area contributed by atoms with Gasteiger partial charge < -0.3 is 9.87 Å². The zero-order valence-corrected chi connectivity index (χ0v) is 8.81. The molecule has 5 heteroatoms. The molecule has 0 radical (unpaired) electrons. The molecule has 0 aliphatic carbocycles. The van der Waals surface area contributed by atoms with Gasteiger partial charge in [-0.1, -0.05) is 13.3 Å². The van der Waals surface area contributed by atoms with E-state index in [9.17, 15) is 8.76 Å². The highest BCUT2D eigenvalue weighted by atomic mass is 32.2. The van der Waals surface area contributed by atoms with Gasteiger partial charge in [-0.2, -0.15) is 0 Å². The van der Waals surface area contributed by atoms with Crippen LogP contribution in [0.2, 0.25) is 0 Å². The SMILES string of the molecule is CCCC(N1CCNCC1)S(=O)[O-]. The Hall–Kier alpha value is 0.0300. The van der Waals surface area contributed by atoms with Gasteiger partial charge in [0.05, 0.1) is 5.37 Å². The fourth-order valence-corrected chi connectivity index (χ4v) is 2.50. The van der Waals surface area contributed by atoms with Crippen molar-refractivity contribution in [1.29, 1.82) is 0 Å². The third kappa shape index (κ3) is 3.34.